The highest BCUT2D eigenvalue weighted by molar-refractivity contribution is 7.99. The predicted molar refractivity (Wildman–Crippen MR) is 98.2 cm³/mol. The molecule has 0 radical (unpaired) electrons. The van der Waals surface area contributed by atoms with Gasteiger partial charge in [0.05, 0.1) is 18.7 Å². The number of hydrogen-bond acceptors (Lipinski definition) is 4. The Morgan fingerprint density at radius 3 is 2.88 bits per heavy atom. The molecule has 1 aliphatic rings. The number of carbonyl (C=O) groups excluding carboxylic acids is 2. The highest BCUT2D eigenvalue weighted by atomic mass is 32.2. The van der Waals surface area contributed by atoms with Gasteiger partial charge in [0, 0.05) is 16.3 Å². The maximum Gasteiger partial charge on any atom is 0.339 e. The molecule has 0 saturated carbocycles. The molecule has 1 amide bonds. The van der Waals surface area contributed by atoms with Crippen molar-refractivity contribution in [1.29, 1.82) is 0 Å². The number of aryl methyl sites for hydroxylation is 1. The minimum Gasteiger partial charge on any atom is -0.465 e. The largest absolute Gasteiger partial charge is 0.465 e. The molecule has 0 spiro atoms. The van der Waals surface area contributed by atoms with Crippen molar-refractivity contribution in [3.05, 3.63) is 52.1 Å². The number of amides is 1. The van der Waals surface area contributed by atoms with Crippen molar-refractivity contribution < 1.29 is 18.7 Å². The zero-order chi connectivity index (χ0) is 18.8. The Morgan fingerprint density at radius 2 is 2.19 bits per heavy atom. The number of carbonyl (C=O) groups is 2. The average Bonchev–Trinajstić information content (AvgIpc) is 2.98. The van der Waals surface area contributed by atoms with Gasteiger partial charge >= 0.3 is 5.97 Å². The third-order valence-electron chi connectivity index (χ3n) is 4.61. The molecule has 1 unspecified atom stereocenters. The Balaban J connectivity index is 1.89. The van der Waals surface area contributed by atoms with Crippen LogP contribution in [-0.2, 0) is 11.2 Å². The molecular formula is C19H21FN2O3S. The summed E-state index contributed by atoms with van der Waals surface area (Å²) in [6.45, 7) is 3.62. The molecule has 2 heterocycles. The first-order valence-electron chi connectivity index (χ1n) is 8.49. The molecule has 1 aromatic heterocycles. The van der Waals surface area contributed by atoms with E-state index in [1.54, 1.807) is 24.8 Å². The van der Waals surface area contributed by atoms with E-state index in [9.17, 15) is 14.0 Å². The molecular weight excluding hydrogens is 355 g/mol. The number of methoxy groups -OCH3 is 1. The van der Waals surface area contributed by atoms with Gasteiger partial charge in [-0.15, -0.1) is 11.8 Å². The lowest BCUT2D eigenvalue weighted by atomic mass is 10.0. The van der Waals surface area contributed by atoms with E-state index in [1.165, 1.54) is 19.2 Å². The minimum absolute atomic E-state index is 0.260. The van der Waals surface area contributed by atoms with Gasteiger partial charge in [-0.1, -0.05) is 6.92 Å². The lowest BCUT2D eigenvalue weighted by Gasteiger charge is -2.26. The Bertz CT molecular complexity index is 863. The molecule has 1 aromatic carbocycles. The van der Waals surface area contributed by atoms with Crippen LogP contribution in [0, 0.1) is 12.7 Å². The number of halogens is 1. The molecule has 5 nitrogen and oxygen atoms in total. The van der Waals surface area contributed by atoms with Crippen molar-refractivity contribution in [3.63, 3.8) is 0 Å². The quantitative estimate of drug-likeness (QED) is 0.797. The smallest absolute Gasteiger partial charge is 0.339 e. The van der Waals surface area contributed by atoms with E-state index in [2.05, 4.69) is 10.3 Å². The van der Waals surface area contributed by atoms with Crippen LogP contribution in [0.25, 0.3) is 0 Å². The highest BCUT2D eigenvalue weighted by Gasteiger charge is 2.27. The van der Waals surface area contributed by atoms with Crippen molar-refractivity contribution in [2.24, 2.45) is 0 Å². The highest BCUT2D eigenvalue weighted by Crippen LogP contribution is 2.36. The second-order valence-corrected chi connectivity index (χ2v) is 7.31. The number of ether oxygens (including phenoxy) is 1. The van der Waals surface area contributed by atoms with Crippen LogP contribution in [0.1, 0.15) is 57.1 Å². The zero-order valence-corrected chi connectivity index (χ0v) is 15.8. The third-order valence-corrected chi connectivity index (χ3v) is 5.74. The lowest BCUT2D eigenvalue weighted by Crippen LogP contribution is -2.31. The van der Waals surface area contributed by atoms with Crippen LogP contribution in [0.4, 0.5) is 4.39 Å². The van der Waals surface area contributed by atoms with Gasteiger partial charge in [0.2, 0.25) is 0 Å². The molecule has 3 rings (SSSR count). The second kappa shape index (κ2) is 7.53. The van der Waals surface area contributed by atoms with E-state index in [-0.39, 0.29) is 17.8 Å². The van der Waals surface area contributed by atoms with Crippen LogP contribution in [-0.4, -0.2) is 29.7 Å². The van der Waals surface area contributed by atoms with Gasteiger partial charge in [-0.3, -0.25) is 4.79 Å². The van der Waals surface area contributed by atoms with Gasteiger partial charge in [0.1, 0.15) is 11.5 Å². The lowest BCUT2D eigenvalue weighted by molar-refractivity contribution is 0.0599. The summed E-state index contributed by atoms with van der Waals surface area (Å²) in [5.41, 5.74) is 2.79. The van der Waals surface area contributed by atoms with Gasteiger partial charge < -0.3 is 15.0 Å². The van der Waals surface area contributed by atoms with Crippen molar-refractivity contribution in [3.8, 4) is 0 Å². The van der Waals surface area contributed by atoms with Crippen LogP contribution >= 0.6 is 11.8 Å². The van der Waals surface area contributed by atoms with Crippen LogP contribution in [0.5, 0.6) is 0 Å². The molecule has 1 aliphatic heterocycles. The van der Waals surface area contributed by atoms with E-state index in [0.29, 0.717) is 28.9 Å². The average molecular weight is 376 g/mol. The first-order chi connectivity index (χ1) is 12.5. The molecule has 1 atom stereocenters. The summed E-state index contributed by atoms with van der Waals surface area (Å²) >= 11 is 1.66. The molecule has 2 aromatic rings. The van der Waals surface area contributed by atoms with Crippen molar-refractivity contribution in [1.82, 2.24) is 10.3 Å². The molecule has 0 saturated heterocycles. The Morgan fingerprint density at radius 1 is 1.42 bits per heavy atom. The summed E-state index contributed by atoms with van der Waals surface area (Å²) < 4.78 is 18.5. The number of esters is 1. The number of aromatic amines is 1. The summed E-state index contributed by atoms with van der Waals surface area (Å²) in [6.07, 6.45) is 1.30. The summed E-state index contributed by atoms with van der Waals surface area (Å²) in [4.78, 5) is 28.9. The van der Waals surface area contributed by atoms with Crippen molar-refractivity contribution in [2.45, 2.75) is 37.6 Å². The van der Waals surface area contributed by atoms with Crippen molar-refractivity contribution in [2.75, 3.05) is 12.9 Å². The van der Waals surface area contributed by atoms with Gasteiger partial charge in [-0.2, -0.15) is 0 Å². The normalized spacial score (nSPS) is 16.1. The molecule has 0 fully saturated rings. The molecule has 26 heavy (non-hydrogen) atoms. The van der Waals surface area contributed by atoms with Gasteiger partial charge in [0.15, 0.2) is 0 Å². The fourth-order valence-electron chi connectivity index (χ4n) is 3.27. The number of hydrogen-bond donors (Lipinski definition) is 2. The van der Waals surface area contributed by atoms with Crippen LogP contribution in [0.3, 0.4) is 0 Å². The fraction of sp³-hybridized carbons (Fsp3) is 0.368. The second-order valence-electron chi connectivity index (χ2n) is 6.17. The summed E-state index contributed by atoms with van der Waals surface area (Å²) in [5.74, 6) is -0.237. The van der Waals surface area contributed by atoms with Gasteiger partial charge in [0.25, 0.3) is 5.91 Å². The summed E-state index contributed by atoms with van der Waals surface area (Å²) in [5, 5.41) is 2.98. The number of aromatic nitrogens is 1. The van der Waals surface area contributed by atoms with E-state index in [4.69, 9.17) is 4.74 Å². The number of thioether (sulfide) groups is 1. The number of nitrogens with one attached hydrogen (secondary N) is 2. The standard InChI is InChI=1S/C19H21FN2O3S/c1-4-13-16(19(24)25-3)10(2)17(21-13)18(23)22-14-7-8-26-15-6-5-11(20)9-12(14)15/h5-6,9,14,21H,4,7-8H2,1-3H3,(H,22,23). The number of fused-ring (bicyclic) bond motifs is 1. The number of rotatable bonds is 4. The topological polar surface area (TPSA) is 71.2 Å². The monoisotopic (exact) mass is 376 g/mol. The predicted octanol–water partition coefficient (Wildman–Crippen LogP) is 3.78. The summed E-state index contributed by atoms with van der Waals surface area (Å²) in [7, 11) is 1.32. The first-order valence-corrected chi connectivity index (χ1v) is 9.47. The van der Waals surface area contributed by atoms with E-state index >= 15 is 0 Å². The van der Waals surface area contributed by atoms with Crippen molar-refractivity contribution >= 4 is 23.6 Å². The molecule has 138 valence electrons. The van der Waals surface area contributed by atoms with E-state index < -0.39 is 5.97 Å². The maximum atomic E-state index is 13.6. The summed E-state index contributed by atoms with van der Waals surface area (Å²) in [6, 6.07) is 4.40. The SMILES string of the molecule is CCc1[nH]c(C(=O)NC2CCSc3ccc(F)cc32)c(C)c1C(=O)OC. The van der Waals surface area contributed by atoms with Crippen LogP contribution in [0.2, 0.25) is 0 Å². The van der Waals surface area contributed by atoms with Crippen LogP contribution < -0.4 is 5.32 Å². The Kier molecular flexibility index (Phi) is 5.36. The Hall–Kier alpha value is -2.28. The third kappa shape index (κ3) is 3.35. The van der Waals surface area contributed by atoms with E-state index in [1.807, 2.05) is 6.92 Å². The fourth-order valence-corrected chi connectivity index (χ4v) is 4.38. The molecule has 0 bridgehead atoms. The molecule has 0 aliphatic carbocycles. The minimum atomic E-state index is -0.462. The Labute approximate surface area is 155 Å². The van der Waals surface area contributed by atoms with Crippen LogP contribution in [0.15, 0.2) is 23.1 Å². The van der Waals surface area contributed by atoms with Gasteiger partial charge in [-0.25, -0.2) is 9.18 Å². The number of H-pyrrole nitrogens is 1. The maximum absolute atomic E-state index is 13.6. The first kappa shape index (κ1) is 18.5. The number of benzene rings is 1. The molecule has 7 heteroatoms. The molecule has 2 N–H and O–H groups in total. The van der Waals surface area contributed by atoms with E-state index in [0.717, 1.165) is 22.6 Å². The van der Waals surface area contributed by atoms with Gasteiger partial charge in [-0.05, 0) is 49.1 Å². The zero-order valence-electron chi connectivity index (χ0n) is 14.9.